The second kappa shape index (κ2) is 12.6. The van der Waals surface area contributed by atoms with Crippen molar-refractivity contribution >= 4 is 40.7 Å². The van der Waals surface area contributed by atoms with E-state index in [0.29, 0.717) is 57.5 Å². The Hall–Kier alpha value is -4.25. The summed E-state index contributed by atoms with van der Waals surface area (Å²) in [6.45, 7) is 2.34. The van der Waals surface area contributed by atoms with Gasteiger partial charge in [-0.1, -0.05) is 53.5 Å². The maximum Gasteiger partial charge on any atom is 0.279 e. The number of pyridine rings is 1. The molecule has 2 amide bonds. The molecule has 2 unspecified atom stereocenters. The van der Waals surface area contributed by atoms with E-state index in [2.05, 4.69) is 27.1 Å². The van der Waals surface area contributed by atoms with E-state index in [-0.39, 0.29) is 28.6 Å². The van der Waals surface area contributed by atoms with Crippen LogP contribution in [-0.2, 0) is 18.3 Å². The van der Waals surface area contributed by atoms with Crippen LogP contribution in [0.4, 0.5) is 5.69 Å². The summed E-state index contributed by atoms with van der Waals surface area (Å²) in [5, 5.41) is 14.1. The van der Waals surface area contributed by atoms with Crippen molar-refractivity contribution in [3.8, 4) is 28.3 Å². The zero-order valence-electron chi connectivity index (χ0n) is 25.0. The average molecular weight is 648 g/mol. The van der Waals surface area contributed by atoms with E-state index in [1.807, 2.05) is 24.3 Å². The van der Waals surface area contributed by atoms with Gasteiger partial charge in [0.05, 0.1) is 34.7 Å². The van der Waals surface area contributed by atoms with Gasteiger partial charge in [0.15, 0.2) is 0 Å². The highest BCUT2D eigenvalue weighted by atomic mass is 35.5. The number of hydrogen-bond donors (Lipinski definition) is 3. The van der Waals surface area contributed by atoms with Crippen LogP contribution in [-0.4, -0.2) is 46.3 Å². The summed E-state index contributed by atoms with van der Waals surface area (Å²) in [6.07, 6.45) is 4.61. The molecule has 1 aliphatic heterocycles. The van der Waals surface area contributed by atoms with E-state index in [1.165, 1.54) is 13.2 Å². The van der Waals surface area contributed by atoms with Crippen molar-refractivity contribution in [2.45, 2.75) is 44.7 Å². The average Bonchev–Trinajstić information content (AvgIpc) is 3.64. The molecule has 1 aliphatic carbocycles. The highest BCUT2D eigenvalue weighted by Gasteiger charge is 2.30. The number of rotatable bonds is 8. The topological polar surface area (TPSA) is 127 Å². The van der Waals surface area contributed by atoms with Crippen LogP contribution in [0.3, 0.4) is 0 Å². The molecule has 3 N–H and O–H groups in total. The van der Waals surface area contributed by atoms with Crippen LogP contribution in [0.2, 0.25) is 10.0 Å². The molecule has 10 nitrogen and oxygen atoms in total. The van der Waals surface area contributed by atoms with Gasteiger partial charge in [-0.15, -0.1) is 0 Å². The molecule has 12 heteroatoms. The molecule has 0 radical (unpaired) electrons. The number of amides is 2. The molecule has 0 saturated carbocycles. The molecule has 2 atom stereocenters. The van der Waals surface area contributed by atoms with E-state index in [0.717, 1.165) is 35.1 Å². The fourth-order valence-electron chi connectivity index (χ4n) is 6.07. The van der Waals surface area contributed by atoms with Gasteiger partial charge >= 0.3 is 0 Å². The van der Waals surface area contributed by atoms with Crippen LogP contribution < -0.4 is 26.2 Å². The van der Waals surface area contributed by atoms with Gasteiger partial charge < -0.3 is 20.7 Å². The number of ether oxygens (including phenoxy) is 1. The second-order valence-electron chi connectivity index (χ2n) is 11.3. The standard InChI is InChI=1S/C33H32Cl2N6O4/c1-17-15-37-41(2)33(44)27(17)31(43)39-24-9-5-7-21(30(24)35)20-6-4-8-22(29(20)34)25-14-18-10-12-23(28(18)32(40-25)45-3)36-16-19-11-13-26(42)38-19/h4-9,14-15,19,23,36H,10-13,16H2,1-3H3,(H,38,42)(H,39,43). The predicted molar refractivity (Wildman–Crippen MR) is 174 cm³/mol. The summed E-state index contributed by atoms with van der Waals surface area (Å²) < 4.78 is 6.88. The van der Waals surface area contributed by atoms with Crippen LogP contribution in [0.15, 0.2) is 53.5 Å². The normalized spacial score (nSPS) is 17.2. The van der Waals surface area contributed by atoms with Crippen molar-refractivity contribution in [3.05, 3.63) is 91.3 Å². The van der Waals surface area contributed by atoms with Gasteiger partial charge in [-0.2, -0.15) is 5.10 Å². The number of fused-ring (bicyclic) bond motifs is 1. The maximum absolute atomic E-state index is 13.1. The third-order valence-corrected chi connectivity index (χ3v) is 9.23. The van der Waals surface area contributed by atoms with Crippen molar-refractivity contribution < 1.29 is 14.3 Å². The molecular formula is C33H32Cl2N6O4. The first-order chi connectivity index (χ1) is 21.7. The smallest absolute Gasteiger partial charge is 0.279 e. The Kier molecular flexibility index (Phi) is 8.63. The number of carbonyl (C=O) groups is 2. The number of anilines is 1. The van der Waals surface area contributed by atoms with Crippen molar-refractivity contribution in [2.75, 3.05) is 19.0 Å². The van der Waals surface area contributed by atoms with Crippen molar-refractivity contribution in [1.82, 2.24) is 25.4 Å². The summed E-state index contributed by atoms with van der Waals surface area (Å²) in [5.41, 5.74) is 5.10. The van der Waals surface area contributed by atoms with Crippen LogP contribution >= 0.6 is 23.2 Å². The number of aromatic nitrogens is 3. The van der Waals surface area contributed by atoms with Gasteiger partial charge in [0, 0.05) is 54.4 Å². The molecule has 3 heterocycles. The minimum Gasteiger partial charge on any atom is -0.481 e. The molecule has 2 aromatic heterocycles. The summed E-state index contributed by atoms with van der Waals surface area (Å²) >= 11 is 13.9. The van der Waals surface area contributed by atoms with Crippen LogP contribution in [0.5, 0.6) is 5.88 Å². The number of methoxy groups -OCH3 is 1. The van der Waals surface area contributed by atoms with E-state index in [1.54, 1.807) is 26.2 Å². The highest BCUT2D eigenvalue weighted by molar-refractivity contribution is 6.39. The third-order valence-electron chi connectivity index (χ3n) is 8.41. The Labute approximate surface area is 270 Å². The van der Waals surface area contributed by atoms with Crippen molar-refractivity contribution in [1.29, 1.82) is 0 Å². The predicted octanol–water partition coefficient (Wildman–Crippen LogP) is 5.24. The lowest BCUT2D eigenvalue weighted by molar-refractivity contribution is -0.119. The molecule has 1 fully saturated rings. The Balaban J connectivity index is 1.29. The molecule has 45 heavy (non-hydrogen) atoms. The van der Waals surface area contributed by atoms with E-state index < -0.39 is 11.5 Å². The van der Waals surface area contributed by atoms with Gasteiger partial charge in [0.25, 0.3) is 11.5 Å². The van der Waals surface area contributed by atoms with Crippen LogP contribution in [0.25, 0.3) is 22.4 Å². The summed E-state index contributed by atoms with van der Waals surface area (Å²) in [6, 6.07) is 13.1. The number of aryl methyl sites for hydroxylation is 3. The van der Waals surface area contributed by atoms with Crippen LogP contribution in [0.1, 0.15) is 52.4 Å². The third kappa shape index (κ3) is 5.93. The van der Waals surface area contributed by atoms with Gasteiger partial charge in [-0.3, -0.25) is 14.4 Å². The first kappa shape index (κ1) is 30.8. The number of halogens is 2. The monoisotopic (exact) mass is 646 g/mol. The fourth-order valence-corrected chi connectivity index (χ4v) is 6.67. The largest absolute Gasteiger partial charge is 0.481 e. The molecule has 2 aromatic carbocycles. The van der Waals surface area contributed by atoms with E-state index >= 15 is 0 Å². The zero-order valence-corrected chi connectivity index (χ0v) is 26.6. The van der Waals surface area contributed by atoms with Crippen molar-refractivity contribution in [3.63, 3.8) is 0 Å². The number of benzene rings is 2. The quantitative estimate of drug-likeness (QED) is 0.239. The zero-order chi connectivity index (χ0) is 31.8. The van der Waals surface area contributed by atoms with E-state index in [9.17, 15) is 14.4 Å². The molecular weight excluding hydrogens is 615 g/mol. The molecule has 0 bridgehead atoms. The maximum atomic E-state index is 13.1. The molecule has 6 rings (SSSR count). The lowest BCUT2D eigenvalue weighted by Crippen LogP contribution is -2.36. The number of hydrogen-bond acceptors (Lipinski definition) is 7. The summed E-state index contributed by atoms with van der Waals surface area (Å²) in [5.74, 6) is 0.0563. The second-order valence-corrected chi connectivity index (χ2v) is 12.1. The fraction of sp³-hybridized carbons (Fsp3) is 0.303. The van der Waals surface area contributed by atoms with Gasteiger partial charge in [0.2, 0.25) is 11.8 Å². The molecule has 1 saturated heterocycles. The number of nitrogens with one attached hydrogen (secondary N) is 3. The number of nitrogens with zero attached hydrogens (tertiary/aromatic N) is 3. The van der Waals surface area contributed by atoms with Crippen molar-refractivity contribution in [2.24, 2.45) is 7.05 Å². The Morgan fingerprint density at radius 3 is 2.53 bits per heavy atom. The first-order valence-electron chi connectivity index (χ1n) is 14.7. The van der Waals surface area contributed by atoms with Gasteiger partial charge in [0.1, 0.15) is 5.56 Å². The van der Waals surface area contributed by atoms with Gasteiger partial charge in [-0.05, 0) is 49.4 Å². The lowest BCUT2D eigenvalue weighted by atomic mass is 9.99. The minimum absolute atomic E-state index is 0.00613. The molecule has 232 valence electrons. The molecule has 4 aromatic rings. The Bertz CT molecular complexity index is 1890. The highest BCUT2D eigenvalue weighted by Crippen LogP contribution is 2.44. The van der Waals surface area contributed by atoms with Crippen LogP contribution in [0, 0.1) is 6.92 Å². The lowest BCUT2D eigenvalue weighted by Gasteiger charge is -2.20. The first-order valence-corrected chi connectivity index (χ1v) is 15.4. The molecule has 0 spiro atoms. The molecule has 2 aliphatic rings. The summed E-state index contributed by atoms with van der Waals surface area (Å²) in [4.78, 5) is 42.2. The summed E-state index contributed by atoms with van der Waals surface area (Å²) in [7, 11) is 3.10. The SMILES string of the molecule is COc1nc(-c2cccc(-c3cccc(NC(=O)c4c(C)cnn(C)c4=O)c3Cl)c2Cl)cc2c1C(NCC1CCC(=O)N1)CC2. The Morgan fingerprint density at radius 2 is 1.80 bits per heavy atom. The van der Waals surface area contributed by atoms with Gasteiger partial charge in [-0.25, -0.2) is 9.67 Å². The van der Waals surface area contributed by atoms with E-state index in [4.69, 9.17) is 32.9 Å². The minimum atomic E-state index is -0.579. The number of carbonyl (C=O) groups excluding carboxylic acids is 2. The Morgan fingerprint density at radius 1 is 1.07 bits per heavy atom.